The van der Waals surface area contributed by atoms with Gasteiger partial charge in [0.25, 0.3) is 0 Å². The quantitative estimate of drug-likeness (QED) is 0.487. The second-order valence-corrected chi connectivity index (χ2v) is 3.14. The average Bonchev–Trinajstić information content (AvgIpc) is 2.26. The van der Waals surface area contributed by atoms with Crippen molar-refractivity contribution in [2.45, 2.75) is 13.3 Å². The number of ether oxygens (including phenoxy) is 1. The van der Waals surface area contributed by atoms with E-state index in [1.54, 1.807) is 6.92 Å². The van der Waals surface area contributed by atoms with Gasteiger partial charge in [-0.1, -0.05) is 11.8 Å². The van der Waals surface area contributed by atoms with Crippen molar-refractivity contribution >= 4 is 11.7 Å². The SMILES string of the molecule is CCOC(=O)CC#Cc1cc(F)c(N)c(F)c1. The van der Waals surface area contributed by atoms with E-state index in [1.165, 1.54) is 0 Å². The first-order valence-corrected chi connectivity index (χ1v) is 4.93. The maximum atomic E-state index is 13.0. The van der Waals surface area contributed by atoms with Crippen LogP contribution >= 0.6 is 0 Å². The largest absolute Gasteiger partial charge is 0.465 e. The molecule has 0 radical (unpaired) electrons. The Labute approximate surface area is 97.6 Å². The third-order valence-corrected chi connectivity index (χ3v) is 1.85. The van der Waals surface area contributed by atoms with Crippen LogP contribution in [0.2, 0.25) is 0 Å². The van der Waals surface area contributed by atoms with E-state index in [2.05, 4.69) is 16.6 Å². The van der Waals surface area contributed by atoms with Gasteiger partial charge in [-0.25, -0.2) is 8.78 Å². The molecule has 0 fully saturated rings. The molecule has 2 N–H and O–H groups in total. The van der Waals surface area contributed by atoms with E-state index >= 15 is 0 Å². The van der Waals surface area contributed by atoms with Crippen LogP contribution in [-0.4, -0.2) is 12.6 Å². The standard InChI is InChI=1S/C12H11F2NO2/c1-2-17-11(16)5-3-4-8-6-9(13)12(15)10(14)7-8/h6-7H,2,5,15H2,1H3. The van der Waals surface area contributed by atoms with Crippen molar-refractivity contribution in [1.29, 1.82) is 0 Å². The van der Waals surface area contributed by atoms with Gasteiger partial charge in [-0.05, 0) is 19.1 Å². The van der Waals surface area contributed by atoms with Crippen molar-refractivity contribution in [1.82, 2.24) is 0 Å². The van der Waals surface area contributed by atoms with Crippen molar-refractivity contribution in [2.24, 2.45) is 0 Å². The van der Waals surface area contributed by atoms with Gasteiger partial charge in [0, 0.05) is 5.56 Å². The number of rotatable bonds is 2. The molecular formula is C12H11F2NO2. The zero-order valence-electron chi connectivity index (χ0n) is 9.22. The Kier molecular flexibility index (Phi) is 4.46. The molecule has 1 rings (SSSR count). The van der Waals surface area contributed by atoms with Crippen molar-refractivity contribution in [3.05, 3.63) is 29.3 Å². The van der Waals surface area contributed by atoms with E-state index < -0.39 is 23.3 Å². The van der Waals surface area contributed by atoms with Crippen LogP contribution in [0.3, 0.4) is 0 Å². The van der Waals surface area contributed by atoms with Gasteiger partial charge in [0.2, 0.25) is 0 Å². The van der Waals surface area contributed by atoms with Crippen LogP contribution in [-0.2, 0) is 9.53 Å². The number of carbonyl (C=O) groups is 1. The summed E-state index contributed by atoms with van der Waals surface area (Å²) in [5.41, 5.74) is 4.68. The zero-order chi connectivity index (χ0) is 12.8. The molecule has 0 aliphatic carbocycles. The van der Waals surface area contributed by atoms with Gasteiger partial charge in [-0.15, -0.1) is 0 Å². The van der Waals surface area contributed by atoms with Crippen LogP contribution < -0.4 is 5.73 Å². The molecule has 0 saturated carbocycles. The maximum absolute atomic E-state index is 13.0. The number of nitrogens with two attached hydrogens (primary N) is 1. The highest BCUT2D eigenvalue weighted by atomic mass is 19.1. The molecule has 3 nitrogen and oxygen atoms in total. The van der Waals surface area contributed by atoms with Crippen LogP contribution in [0.25, 0.3) is 0 Å². The summed E-state index contributed by atoms with van der Waals surface area (Å²) in [6.45, 7) is 1.95. The Morgan fingerprint density at radius 3 is 2.53 bits per heavy atom. The molecule has 0 unspecified atom stereocenters. The molecule has 17 heavy (non-hydrogen) atoms. The van der Waals surface area contributed by atoms with Gasteiger partial charge in [-0.2, -0.15) is 0 Å². The zero-order valence-corrected chi connectivity index (χ0v) is 9.22. The molecular weight excluding hydrogens is 228 g/mol. The van der Waals surface area contributed by atoms with Crippen molar-refractivity contribution in [3.63, 3.8) is 0 Å². The molecule has 0 aliphatic heterocycles. The molecule has 0 saturated heterocycles. The fourth-order valence-corrected chi connectivity index (χ4v) is 1.09. The van der Waals surface area contributed by atoms with Crippen molar-refractivity contribution in [3.8, 4) is 11.8 Å². The van der Waals surface area contributed by atoms with Gasteiger partial charge in [0.1, 0.15) is 23.7 Å². The third-order valence-electron chi connectivity index (χ3n) is 1.85. The lowest BCUT2D eigenvalue weighted by molar-refractivity contribution is -0.141. The molecule has 0 aromatic heterocycles. The number of nitrogen functional groups attached to an aromatic ring is 1. The first kappa shape index (κ1) is 13.0. The first-order chi connectivity index (χ1) is 8.04. The van der Waals surface area contributed by atoms with Crippen LogP contribution in [0.4, 0.5) is 14.5 Å². The minimum Gasteiger partial charge on any atom is -0.465 e. The van der Waals surface area contributed by atoms with Crippen LogP contribution in [0, 0.1) is 23.5 Å². The number of hydrogen-bond acceptors (Lipinski definition) is 3. The summed E-state index contributed by atoms with van der Waals surface area (Å²) in [7, 11) is 0. The molecule has 1 aromatic carbocycles. The van der Waals surface area contributed by atoms with E-state index in [-0.39, 0.29) is 18.6 Å². The highest BCUT2D eigenvalue weighted by Crippen LogP contribution is 2.16. The summed E-state index contributed by atoms with van der Waals surface area (Å²) in [4.78, 5) is 10.9. The maximum Gasteiger partial charge on any atom is 0.317 e. The van der Waals surface area contributed by atoms with Gasteiger partial charge in [0.05, 0.1) is 6.61 Å². The van der Waals surface area contributed by atoms with Crippen molar-refractivity contribution < 1.29 is 18.3 Å². The van der Waals surface area contributed by atoms with Crippen LogP contribution in [0.1, 0.15) is 18.9 Å². The number of benzene rings is 1. The predicted octanol–water partition coefficient (Wildman–Crippen LogP) is 1.85. The lowest BCUT2D eigenvalue weighted by atomic mass is 10.2. The number of anilines is 1. The smallest absolute Gasteiger partial charge is 0.317 e. The topological polar surface area (TPSA) is 52.3 Å². The summed E-state index contributed by atoms with van der Waals surface area (Å²) >= 11 is 0. The van der Waals surface area contributed by atoms with Gasteiger partial charge >= 0.3 is 5.97 Å². The molecule has 0 aliphatic rings. The highest BCUT2D eigenvalue weighted by Gasteiger charge is 2.06. The second kappa shape index (κ2) is 5.85. The lowest BCUT2D eigenvalue weighted by Crippen LogP contribution is -2.01. The molecule has 0 atom stereocenters. The number of halogens is 2. The second-order valence-electron chi connectivity index (χ2n) is 3.14. The molecule has 90 valence electrons. The summed E-state index contributed by atoms with van der Waals surface area (Å²) in [5, 5.41) is 0. The molecule has 0 amide bonds. The number of hydrogen-bond donors (Lipinski definition) is 1. The van der Waals surface area contributed by atoms with Gasteiger partial charge in [0.15, 0.2) is 0 Å². The van der Waals surface area contributed by atoms with E-state index in [1.807, 2.05) is 0 Å². The summed E-state index contributed by atoms with van der Waals surface area (Å²) < 4.78 is 30.7. The fourth-order valence-electron chi connectivity index (χ4n) is 1.09. The van der Waals surface area contributed by atoms with Gasteiger partial charge in [-0.3, -0.25) is 4.79 Å². The lowest BCUT2D eigenvalue weighted by Gasteiger charge is -1.99. The minimum absolute atomic E-state index is 0.124. The van der Waals surface area contributed by atoms with E-state index in [4.69, 9.17) is 5.73 Å². The Bertz CT molecular complexity index is 466. The summed E-state index contributed by atoms with van der Waals surface area (Å²) in [6.07, 6.45) is -0.124. The monoisotopic (exact) mass is 239 g/mol. The van der Waals surface area contributed by atoms with E-state index in [0.717, 1.165) is 12.1 Å². The Hall–Kier alpha value is -2.09. The van der Waals surface area contributed by atoms with Crippen molar-refractivity contribution in [2.75, 3.05) is 12.3 Å². The Morgan fingerprint density at radius 2 is 2.00 bits per heavy atom. The predicted molar refractivity (Wildman–Crippen MR) is 58.9 cm³/mol. The summed E-state index contributed by atoms with van der Waals surface area (Å²) in [6, 6.07) is 2.02. The Morgan fingerprint density at radius 1 is 1.41 bits per heavy atom. The number of carbonyl (C=O) groups excluding carboxylic acids is 1. The highest BCUT2D eigenvalue weighted by molar-refractivity contribution is 5.72. The van der Waals surface area contributed by atoms with E-state index in [0.29, 0.717) is 0 Å². The third kappa shape index (κ3) is 3.76. The fraction of sp³-hybridized carbons (Fsp3) is 0.250. The Balaban J connectivity index is 2.76. The first-order valence-electron chi connectivity index (χ1n) is 4.93. The molecule has 1 aromatic rings. The normalized spacial score (nSPS) is 9.35. The molecule has 0 spiro atoms. The summed E-state index contributed by atoms with van der Waals surface area (Å²) in [5.74, 6) is 2.70. The van der Waals surface area contributed by atoms with Gasteiger partial charge < -0.3 is 10.5 Å². The van der Waals surface area contributed by atoms with Crippen LogP contribution in [0.15, 0.2) is 12.1 Å². The average molecular weight is 239 g/mol. The van der Waals surface area contributed by atoms with Crippen LogP contribution in [0.5, 0.6) is 0 Å². The molecule has 0 bridgehead atoms. The van der Waals surface area contributed by atoms with E-state index in [9.17, 15) is 13.6 Å². The number of esters is 1. The molecule has 5 heteroatoms. The minimum atomic E-state index is -0.870. The molecule has 0 heterocycles.